The van der Waals surface area contributed by atoms with Gasteiger partial charge in [-0.3, -0.25) is 9.69 Å². The molecule has 3 nitrogen and oxygen atoms in total. The molecule has 0 atom stereocenters. The first-order valence-corrected chi connectivity index (χ1v) is 10.2. The van der Waals surface area contributed by atoms with Crippen molar-refractivity contribution in [2.24, 2.45) is 0 Å². The number of carbonyl (C=O) groups excluding carboxylic acids is 1. The summed E-state index contributed by atoms with van der Waals surface area (Å²) in [7, 11) is 0. The molecule has 2 saturated carbocycles. The number of hydrogen-bond donors (Lipinski definition) is 1. The molecule has 0 saturated heterocycles. The first-order valence-electron chi connectivity index (χ1n) is 10.2. The standard InChI is InChI=1S/C21H29F3N2O/c22-21(23,24)16-8-7-9-17(14-16)25-20(27)15-26(18-10-3-1-4-11-18)19-12-5-2-6-13-19/h7-9,14,18-19H,1-6,10-13,15H2,(H,25,27). The number of amides is 1. The lowest BCUT2D eigenvalue weighted by atomic mass is 9.88. The van der Waals surface area contributed by atoms with Gasteiger partial charge in [-0.1, -0.05) is 44.6 Å². The van der Waals surface area contributed by atoms with Crippen molar-refractivity contribution in [3.05, 3.63) is 29.8 Å². The van der Waals surface area contributed by atoms with E-state index >= 15 is 0 Å². The summed E-state index contributed by atoms with van der Waals surface area (Å²) in [6.45, 7) is 0.269. The van der Waals surface area contributed by atoms with Gasteiger partial charge in [-0.15, -0.1) is 0 Å². The zero-order valence-electron chi connectivity index (χ0n) is 15.7. The summed E-state index contributed by atoms with van der Waals surface area (Å²) in [6.07, 6.45) is 7.37. The predicted molar refractivity (Wildman–Crippen MR) is 101 cm³/mol. The molecule has 1 N–H and O–H groups in total. The molecule has 6 heteroatoms. The molecule has 27 heavy (non-hydrogen) atoms. The van der Waals surface area contributed by atoms with Crippen LogP contribution in [-0.4, -0.2) is 29.4 Å². The van der Waals surface area contributed by atoms with Crippen LogP contribution in [0.5, 0.6) is 0 Å². The van der Waals surface area contributed by atoms with Gasteiger partial charge in [-0.25, -0.2) is 0 Å². The van der Waals surface area contributed by atoms with Gasteiger partial charge in [0.05, 0.1) is 12.1 Å². The van der Waals surface area contributed by atoms with E-state index in [1.807, 2.05) is 0 Å². The van der Waals surface area contributed by atoms with Crippen molar-refractivity contribution in [3.8, 4) is 0 Å². The number of halogens is 3. The van der Waals surface area contributed by atoms with Crippen LogP contribution in [0, 0.1) is 0 Å². The Labute approximate surface area is 159 Å². The minimum Gasteiger partial charge on any atom is -0.325 e. The Balaban J connectivity index is 1.66. The largest absolute Gasteiger partial charge is 0.416 e. The van der Waals surface area contributed by atoms with E-state index in [9.17, 15) is 18.0 Å². The van der Waals surface area contributed by atoms with Gasteiger partial charge >= 0.3 is 6.18 Å². The number of rotatable bonds is 5. The zero-order valence-corrected chi connectivity index (χ0v) is 15.7. The number of benzene rings is 1. The van der Waals surface area contributed by atoms with Crippen LogP contribution in [-0.2, 0) is 11.0 Å². The maximum absolute atomic E-state index is 12.9. The van der Waals surface area contributed by atoms with E-state index < -0.39 is 11.7 Å². The molecule has 2 fully saturated rings. The maximum Gasteiger partial charge on any atom is 0.416 e. The average Bonchev–Trinajstić information content (AvgIpc) is 2.67. The third kappa shape index (κ3) is 5.71. The van der Waals surface area contributed by atoms with Gasteiger partial charge in [0, 0.05) is 17.8 Å². The normalized spacial score (nSPS) is 20.0. The lowest BCUT2D eigenvalue weighted by Gasteiger charge is -2.41. The van der Waals surface area contributed by atoms with Crippen molar-refractivity contribution in [2.75, 3.05) is 11.9 Å². The van der Waals surface area contributed by atoms with Gasteiger partial charge in [-0.05, 0) is 43.9 Å². The van der Waals surface area contributed by atoms with E-state index in [1.165, 1.54) is 50.7 Å². The number of nitrogens with one attached hydrogen (secondary N) is 1. The van der Waals surface area contributed by atoms with Crippen molar-refractivity contribution >= 4 is 11.6 Å². The monoisotopic (exact) mass is 382 g/mol. The van der Waals surface area contributed by atoms with Crippen LogP contribution in [0.3, 0.4) is 0 Å². The van der Waals surface area contributed by atoms with Crippen molar-refractivity contribution in [1.82, 2.24) is 4.90 Å². The maximum atomic E-state index is 12.9. The summed E-state index contributed by atoms with van der Waals surface area (Å²) in [5.74, 6) is -0.217. The molecular weight excluding hydrogens is 353 g/mol. The molecule has 0 unspecified atom stereocenters. The van der Waals surface area contributed by atoms with Crippen LogP contribution < -0.4 is 5.32 Å². The van der Waals surface area contributed by atoms with Crippen LogP contribution in [0.1, 0.15) is 69.8 Å². The fourth-order valence-corrected chi connectivity index (χ4v) is 4.52. The number of carbonyl (C=O) groups is 1. The Kier molecular flexibility index (Phi) is 6.79. The SMILES string of the molecule is O=C(CN(C1CCCCC1)C1CCCCC1)Nc1cccc(C(F)(F)F)c1. The molecule has 0 bridgehead atoms. The van der Waals surface area contributed by atoms with Crippen LogP contribution in [0.2, 0.25) is 0 Å². The van der Waals surface area contributed by atoms with Gasteiger partial charge in [0.2, 0.25) is 5.91 Å². The molecule has 0 heterocycles. The third-order valence-corrected chi connectivity index (χ3v) is 5.89. The summed E-state index contributed by atoms with van der Waals surface area (Å²) in [6, 6.07) is 5.72. The van der Waals surface area contributed by atoms with Crippen molar-refractivity contribution in [1.29, 1.82) is 0 Å². The predicted octanol–water partition coefficient (Wildman–Crippen LogP) is 5.61. The van der Waals surface area contributed by atoms with Crippen molar-refractivity contribution < 1.29 is 18.0 Å². The van der Waals surface area contributed by atoms with E-state index in [4.69, 9.17) is 0 Å². The van der Waals surface area contributed by atoms with Crippen LogP contribution in [0.15, 0.2) is 24.3 Å². The number of hydrogen-bond acceptors (Lipinski definition) is 2. The van der Waals surface area contributed by atoms with Gasteiger partial charge in [0.15, 0.2) is 0 Å². The summed E-state index contributed by atoms with van der Waals surface area (Å²) < 4.78 is 38.6. The average molecular weight is 382 g/mol. The molecular formula is C21H29F3N2O. The topological polar surface area (TPSA) is 32.3 Å². The molecule has 1 aromatic carbocycles. The van der Waals surface area contributed by atoms with Crippen LogP contribution in [0.25, 0.3) is 0 Å². The van der Waals surface area contributed by atoms with E-state index in [0.717, 1.165) is 37.8 Å². The second-order valence-corrected chi connectivity index (χ2v) is 7.88. The highest BCUT2D eigenvalue weighted by molar-refractivity contribution is 5.92. The number of alkyl halides is 3. The molecule has 2 aliphatic carbocycles. The van der Waals surface area contributed by atoms with Gasteiger partial charge in [-0.2, -0.15) is 13.2 Å². The molecule has 150 valence electrons. The van der Waals surface area contributed by atoms with Crippen LogP contribution in [0.4, 0.5) is 18.9 Å². The summed E-state index contributed by atoms with van der Waals surface area (Å²) in [5, 5.41) is 2.68. The lowest BCUT2D eigenvalue weighted by molar-refractivity contribution is -0.137. The Morgan fingerprint density at radius 3 is 2.04 bits per heavy atom. The fourth-order valence-electron chi connectivity index (χ4n) is 4.52. The zero-order chi connectivity index (χ0) is 19.3. The van der Waals surface area contributed by atoms with Gasteiger partial charge in [0.1, 0.15) is 0 Å². The third-order valence-electron chi connectivity index (χ3n) is 5.89. The summed E-state index contributed by atoms with van der Waals surface area (Å²) >= 11 is 0. The molecule has 1 amide bonds. The van der Waals surface area contributed by atoms with Gasteiger partial charge in [0.25, 0.3) is 0 Å². The molecule has 1 aromatic rings. The van der Waals surface area contributed by atoms with E-state index in [1.54, 1.807) is 0 Å². The summed E-state index contributed by atoms with van der Waals surface area (Å²) in [4.78, 5) is 15.0. The minimum absolute atomic E-state index is 0.210. The van der Waals surface area contributed by atoms with E-state index in [0.29, 0.717) is 12.1 Å². The van der Waals surface area contributed by atoms with Crippen LogP contribution >= 0.6 is 0 Å². The quantitative estimate of drug-likeness (QED) is 0.718. The molecule has 0 aromatic heterocycles. The van der Waals surface area contributed by atoms with Crippen molar-refractivity contribution in [3.63, 3.8) is 0 Å². The Bertz CT molecular complexity index is 602. The highest BCUT2D eigenvalue weighted by Gasteiger charge is 2.32. The van der Waals surface area contributed by atoms with Gasteiger partial charge < -0.3 is 5.32 Å². The molecule has 0 spiro atoms. The van der Waals surface area contributed by atoms with E-state index in [-0.39, 0.29) is 18.1 Å². The highest BCUT2D eigenvalue weighted by atomic mass is 19.4. The first-order chi connectivity index (χ1) is 12.9. The number of anilines is 1. The Morgan fingerprint density at radius 1 is 0.963 bits per heavy atom. The molecule has 0 aliphatic heterocycles. The van der Waals surface area contributed by atoms with E-state index in [2.05, 4.69) is 10.2 Å². The minimum atomic E-state index is -4.41. The fraction of sp³-hybridized carbons (Fsp3) is 0.667. The second kappa shape index (κ2) is 9.09. The molecule has 2 aliphatic rings. The van der Waals surface area contributed by atoms with Crippen molar-refractivity contribution in [2.45, 2.75) is 82.5 Å². The second-order valence-electron chi connectivity index (χ2n) is 7.88. The molecule has 0 radical (unpaired) electrons. The molecule has 3 rings (SSSR count). The Morgan fingerprint density at radius 2 is 1.52 bits per heavy atom. The first kappa shape index (κ1) is 20.2. The smallest absolute Gasteiger partial charge is 0.325 e. The number of nitrogens with zero attached hydrogens (tertiary/aromatic N) is 1. The lowest BCUT2D eigenvalue weighted by Crippen LogP contribution is -2.48. The summed E-state index contributed by atoms with van der Waals surface area (Å²) in [5.41, 5.74) is -0.529. The Hall–Kier alpha value is -1.56. The highest BCUT2D eigenvalue weighted by Crippen LogP contribution is 2.32.